The molecule has 0 saturated heterocycles. The minimum Gasteiger partial charge on any atom is -0.469 e. The van der Waals surface area contributed by atoms with Gasteiger partial charge in [0.15, 0.2) is 6.29 Å². The van der Waals surface area contributed by atoms with Crippen molar-refractivity contribution in [1.29, 1.82) is 0 Å². The van der Waals surface area contributed by atoms with Gasteiger partial charge >= 0.3 is 18.2 Å². The summed E-state index contributed by atoms with van der Waals surface area (Å²) in [7, 11) is 1.40. The van der Waals surface area contributed by atoms with Crippen LogP contribution in [0, 0.1) is 5.92 Å². The first-order chi connectivity index (χ1) is 19.1. The average Bonchev–Trinajstić information content (AvgIpc) is 3.11. The molecular weight excluding hydrogens is 527 g/mol. The van der Waals surface area contributed by atoms with Crippen molar-refractivity contribution in [3.05, 3.63) is 29.3 Å². The lowest BCUT2D eigenvalue weighted by molar-refractivity contribution is -0.145. The van der Waals surface area contributed by atoms with Crippen LogP contribution in [0.15, 0.2) is 18.2 Å². The SMILES string of the molecule is CCOC(CN(C(=O)NC1CCC(CCC(=O)OC)CC1)c1ccc2c(c1)CCN(CC(F)(F)F)CC2)OCC. The highest BCUT2D eigenvalue weighted by Gasteiger charge is 2.32. The summed E-state index contributed by atoms with van der Waals surface area (Å²) < 4.78 is 55.1. The van der Waals surface area contributed by atoms with E-state index in [0.717, 1.165) is 43.2 Å². The van der Waals surface area contributed by atoms with Crippen molar-refractivity contribution in [2.75, 3.05) is 51.4 Å². The molecule has 1 N–H and O–H groups in total. The number of esters is 1. The Bertz CT molecular complexity index is 947. The van der Waals surface area contributed by atoms with Crippen LogP contribution in [0.2, 0.25) is 0 Å². The number of anilines is 1. The summed E-state index contributed by atoms with van der Waals surface area (Å²) in [5, 5.41) is 3.18. The third-order valence-electron chi connectivity index (χ3n) is 7.74. The van der Waals surface area contributed by atoms with Crippen molar-refractivity contribution in [3.63, 3.8) is 0 Å². The zero-order valence-corrected chi connectivity index (χ0v) is 23.9. The number of methoxy groups -OCH3 is 1. The zero-order chi connectivity index (χ0) is 29.1. The van der Waals surface area contributed by atoms with Gasteiger partial charge in [0.2, 0.25) is 0 Å². The lowest BCUT2D eigenvalue weighted by Gasteiger charge is -2.33. The summed E-state index contributed by atoms with van der Waals surface area (Å²) >= 11 is 0. The molecule has 1 heterocycles. The van der Waals surface area contributed by atoms with Crippen molar-refractivity contribution < 1.29 is 37.0 Å². The normalized spacial score (nSPS) is 20.1. The second kappa shape index (κ2) is 15.6. The number of hydrogen-bond acceptors (Lipinski definition) is 6. The number of amides is 2. The molecule has 0 aromatic heterocycles. The third-order valence-corrected chi connectivity index (χ3v) is 7.74. The molecule has 1 aliphatic heterocycles. The Morgan fingerprint density at radius 2 is 1.70 bits per heavy atom. The molecule has 226 valence electrons. The average molecular weight is 572 g/mol. The summed E-state index contributed by atoms with van der Waals surface area (Å²) in [6.45, 7) is 4.49. The fourth-order valence-corrected chi connectivity index (χ4v) is 5.59. The highest BCUT2D eigenvalue weighted by Crippen LogP contribution is 2.29. The Kier molecular flexibility index (Phi) is 12.5. The molecule has 1 aromatic rings. The van der Waals surface area contributed by atoms with Crippen LogP contribution in [0.1, 0.15) is 63.5 Å². The predicted octanol–water partition coefficient (Wildman–Crippen LogP) is 5.08. The number of nitrogens with zero attached hydrogens (tertiary/aromatic N) is 2. The molecule has 3 rings (SSSR count). The van der Waals surface area contributed by atoms with Gasteiger partial charge in [0.1, 0.15) is 0 Å². The molecule has 11 heteroatoms. The van der Waals surface area contributed by atoms with Crippen LogP contribution in [-0.4, -0.2) is 81.9 Å². The number of carbonyl (C=O) groups excluding carboxylic acids is 2. The number of ether oxygens (including phenoxy) is 3. The highest BCUT2D eigenvalue weighted by atomic mass is 19.4. The van der Waals surface area contributed by atoms with E-state index in [4.69, 9.17) is 14.2 Å². The Morgan fingerprint density at radius 1 is 1.05 bits per heavy atom. The van der Waals surface area contributed by atoms with Gasteiger partial charge < -0.3 is 19.5 Å². The van der Waals surface area contributed by atoms with Crippen LogP contribution in [0.4, 0.5) is 23.7 Å². The van der Waals surface area contributed by atoms with E-state index in [1.807, 2.05) is 32.0 Å². The molecule has 1 fully saturated rings. The van der Waals surface area contributed by atoms with Gasteiger partial charge in [-0.05, 0) is 88.0 Å². The van der Waals surface area contributed by atoms with Crippen LogP contribution in [0.5, 0.6) is 0 Å². The standard InChI is InChI=1S/C29H44F3N3O5/c1-4-39-27(40-5-2)19-35(28(37)33-24-10-6-21(7-11-24)8-13-26(36)38-3)25-12-9-22-14-16-34(20-29(30,31)32)17-15-23(22)18-25/h9,12,18,21,24,27H,4-8,10-11,13-17,19-20H2,1-3H3,(H,33,37). The number of hydrogen-bond donors (Lipinski definition) is 1. The van der Waals surface area contributed by atoms with Gasteiger partial charge in [-0.1, -0.05) is 6.07 Å². The third kappa shape index (κ3) is 10.2. The first-order valence-electron chi connectivity index (χ1n) is 14.4. The Hall–Kier alpha value is -2.37. The number of carbonyl (C=O) groups is 2. The molecule has 2 amide bonds. The summed E-state index contributed by atoms with van der Waals surface area (Å²) in [6, 6.07) is 5.46. The Morgan fingerprint density at radius 3 is 2.30 bits per heavy atom. The topological polar surface area (TPSA) is 80.3 Å². The number of nitrogens with one attached hydrogen (secondary N) is 1. The maximum atomic E-state index is 13.6. The Labute approximate surface area is 235 Å². The smallest absolute Gasteiger partial charge is 0.401 e. The molecule has 0 spiro atoms. The molecular formula is C29H44F3N3O5. The van der Waals surface area contributed by atoms with Gasteiger partial charge in [-0.25, -0.2) is 4.79 Å². The largest absolute Gasteiger partial charge is 0.469 e. The van der Waals surface area contributed by atoms with Crippen molar-refractivity contribution in [1.82, 2.24) is 10.2 Å². The van der Waals surface area contributed by atoms with E-state index in [1.54, 1.807) is 4.90 Å². The van der Waals surface area contributed by atoms with Crippen molar-refractivity contribution in [2.24, 2.45) is 5.92 Å². The first kappa shape index (κ1) is 32.1. The predicted molar refractivity (Wildman–Crippen MR) is 146 cm³/mol. The summed E-state index contributed by atoms with van der Waals surface area (Å²) in [4.78, 5) is 28.2. The lowest BCUT2D eigenvalue weighted by Crippen LogP contribution is -2.49. The van der Waals surface area contributed by atoms with Crippen LogP contribution in [-0.2, 0) is 31.8 Å². The van der Waals surface area contributed by atoms with E-state index in [9.17, 15) is 22.8 Å². The molecule has 1 aromatic carbocycles. The monoisotopic (exact) mass is 571 g/mol. The number of fused-ring (bicyclic) bond motifs is 1. The van der Waals surface area contributed by atoms with E-state index in [-0.39, 0.29) is 24.6 Å². The van der Waals surface area contributed by atoms with Gasteiger partial charge in [0, 0.05) is 44.5 Å². The minimum absolute atomic E-state index is 0.0127. The molecule has 1 saturated carbocycles. The van der Waals surface area contributed by atoms with Gasteiger partial charge in [-0.15, -0.1) is 0 Å². The first-order valence-corrected chi connectivity index (χ1v) is 14.4. The van der Waals surface area contributed by atoms with Crippen LogP contribution in [0.3, 0.4) is 0 Å². The van der Waals surface area contributed by atoms with E-state index < -0.39 is 19.0 Å². The number of benzene rings is 1. The van der Waals surface area contributed by atoms with Gasteiger partial charge in [0.25, 0.3) is 0 Å². The molecule has 0 unspecified atom stereocenters. The maximum absolute atomic E-state index is 13.6. The van der Waals surface area contributed by atoms with Crippen LogP contribution in [0.25, 0.3) is 0 Å². The van der Waals surface area contributed by atoms with Crippen molar-refractivity contribution >= 4 is 17.7 Å². The number of alkyl halides is 3. The second-order valence-corrected chi connectivity index (χ2v) is 10.6. The van der Waals surface area contributed by atoms with Crippen LogP contribution >= 0.6 is 0 Å². The number of rotatable bonds is 12. The molecule has 0 atom stereocenters. The van der Waals surface area contributed by atoms with Crippen LogP contribution < -0.4 is 10.2 Å². The van der Waals surface area contributed by atoms with Gasteiger partial charge in [0.05, 0.1) is 20.2 Å². The van der Waals surface area contributed by atoms with E-state index >= 15 is 0 Å². The highest BCUT2D eigenvalue weighted by molar-refractivity contribution is 5.92. The van der Waals surface area contributed by atoms with Crippen molar-refractivity contribution in [3.8, 4) is 0 Å². The summed E-state index contributed by atoms with van der Waals surface area (Å²) in [5.41, 5.74) is 2.62. The quantitative estimate of drug-likeness (QED) is 0.279. The fourth-order valence-electron chi connectivity index (χ4n) is 5.59. The zero-order valence-electron chi connectivity index (χ0n) is 23.9. The minimum atomic E-state index is -4.23. The molecule has 0 bridgehead atoms. The molecule has 8 nitrogen and oxygen atoms in total. The van der Waals surface area contributed by atoms with Crippen molar-refractivity contribution in [2.45, 2.75) is 83.7 Å². The molecule has 1 aliphatic carbocycles. The van der Waals surface area contributed by atoms with E-state index in [1.165, 1.54) is 12.0 Å². The maximum Gasteiger partial charge on any atom is 0.401 e. The second-order valence-electron chi connectivity index (χ2n) is 10.6. The Balaban J connectivity index is 1.70. The summed E-state index contributed by atoms with van der Waals surface area (Å²) in [5.74, 6) is 0.239. The fraction of sp³-hybridized carbons (Fsp3) is 0.724. The summed E-state index contributed by atoms with van der Waals surface area (Å²) in [6.07, 6.45) is 0.860. The molecule has 2 aliphatic rings. The lowest BCUT2D eigenvalue weighted by atomic mass is 9.83. The van der Waals surface area contributed by atoms with E-state index in [2.05, 4.69) is 5.32 Å². The number of halogens is 3. The van der Waals surface area contributed by atoms with Gasteiger partial charge in [-0.2, -0.15) is 13.2 Å². The van der Waals surface area contributed by atoms with Gasteiger partial charge in [-0.3, -0.25) is 14.6 Å². The molecule has 40 heavy (non-hydrogen) atoms. The number of urea groups is 1. The molecule has 0 radical (unpaired) electrons. The van der Waals surface area contributed by atoms with E-state index in [0.29, 0.717) is 57.2 Å².